The van der Waals surface area contributed by atoms with Gasteiger partial charge in [-0.25, -0.2) is 0 Å². The third-order valence-corrected chi connectivity index (χ3v) is 5.83. The summed E-state index contributed by atoms with van der Waals surface area (Å²) in [7, 11) is 2.04. The van der Waals surface area contributed by atoms with Gasteiger partial charge in [0, 0.05) is 33.7 Å². The molecule has 0 saturated heterocycles. The van der Waals surface area contributed by atoms with E-state index in [-0.39, 0.29) is 10.5 Å². The maximum atomic E-state index is 11.8. The average Bonchev–Trinajstić information content (AvgIpc) is 2.47. The van der Waals surface area contributed by atoms with E-state index in [0.29, 0.717) is 12.1 Å². The molecule has 6 heteroatoms. The molecule has 2 aliphatic carbocycles. The standard InChI is InChI=1S/C14H24N2O2S2/c17-13(15-11-7-3-1-4-8-11)19-20-14(18)16-12-9-5-2-6-10-12/h11-12H,1-10H2,(H,15,17)(H,16,18). The molecule has 0 heterocycles. The van der Waals surface area contributed by atoms with Crippen LogP contribution in [0, 0.1) is 0 Å². The van der Waals surface area contributed by atoms with Crippen molar-refractivity contribution >= 4 is 32.1 Å². The Morgan fingerprint density at radius 1 is 0.650 bits per heavy atom. The molecule has 2 saturated carbocycles. The van der Waals surface area contributed by atoms with Crippen molar-refractivity contribution < 1.29 is 9.59 Å². The van der Waals surface area contributed by atoms with E-state index in [9.17, 15) is 9.59 Å². The summed E-state index contributed by atoms with van der Waals surface area (Å²) in [6.07, 6.45) is 11.6. The molecule has 0 aromatic carbocycles. The molecule has 0 radical (unpaired) electrons. The van der Waals surface area contributed by atoms with Gasteiger partial charge in [0.15, 0.2) is 0 Å². The van der Waals surface area contributed by atoms with Gasteiger partial charge in [-0.05, 0) is 25.7 Å². The van der Waals surface area contributed by atoms with Gasteiger partial charge >= 0.3 is 0 Å². The monoisotopic (exact) mass is 316 g/mol. The van der Waals surface area contributed by atoms with Crippen molar-refractivity contribution in [1.29, 1.82) is 0 Å². The minimum absolute atomic E-state index is 0.0827. The fourth-order valence-corrected chi connectivity index (χ4v) is 4.27. The van der Waals surface area contributed by atoms with Crippen molar-refractivity contribution in [3.05, 3.63) is 0 Å². The number of carbonyl (C=O) groups is 2. The van der Waals surface area contributed by atoms with E-state index >= 15 is 0 Å². The van der Waals surface area contributed by atoms with Gasteiger partial charge in [0.05, 0.1) is 0 Å². The van der Waals surface area contributed by atoms with E-state index in [2.05, 4.69) is 10.6 Å². The number of carbonyl (C=O) groups excluding carboxylic acids is 2. The molecular weight excluding hydrogens is 292 g/mol. The molecule has 0 unspecified atom stereocenters. The summed E-state index contributed by atoms with van der Waals surface area (Å²) >= 11 is 0. The molecule has 20 heavy (non-hydrogen) atoms. The highest BCUT2D eigenvalue weighted by Gasteiger charge is 2.19. The van der Waals surface area contributed by atoms with E-state index in [1.54, 1.807) is 0 Å². The maximum absolute atomic E-state index is 11.8. The van der Waals surface area contributed by atoms with E-state index in [1.807, 2.05) is 0 Å². The van der Waals surface area contributed by atoms with Crippen LogP contribution in [0.25, 0.3) is 0 Å². The minimum atomic E-state index is -0.0827. The lowest BCUT2D eigenvalue weighted by Gasteiger charge is -2.23. The third-order valence-electron chi connectivity index (χ3n) is 4.05. The molecule has 2 fully saturated rings. The molecule has 2 N–H and O–H groups in total. The fourth-order valence-electron chi connectivity index (χ4n) is 2.95. The van der Waals surface area contributed by atoms with Crippen molar-refractivity contribution in [2.45, 2.75) is 76.3 Å². The lowest BCUT2D eigenvalue weighted by Crippen LogP contribution is -2.35. The lowest BCUT2D eigenvalue weighted by atomic mass is 9.96. The molecular formula is C14H24N2O2S2. The van der Waals surface area contributed by atoms with Gasteiger partial charge < -0.3 is 10.6 Å². The minimum Gasteiger partial charge on any atom is -0.344 e. The number of nitrogens with one attached hydrogen (secondary N) is 2. The largest absolute Gasteiger partial charge is 0.344 e. The van der Waals surface area contributed by atoms with Gasteiger partial charge in [-0.2, -0.15) is 0 Å². The van der Waals surface area contributed by atoms with Crippen molar-refractivity contribution in [3.63, 3.8) is 0 Å². The van der Waals surface area contributed by atoms with Crippen LogP contribution in [0.4, 0.5) is 9.59 Å². The highest BCUT2D eigenvalue weighted by atomic mass is 33.1. The van der Waals surface area contributed by atoms with Crippen LogP contribution in [0.5, 0.6) is 0 Å². The number of rotatable bonds is 2. The second kappa shape index (κ2) is 8.82. The molecule has 0 aromatic rings. The second-order valence-corrected chi connectivity index (χ2v) is 7.78. The number of hydrogen-bond acceptors (Lipinski definition) is 4. The summed E-state index contributed by atoms with van der Waals surface area (Å²) < 4.78 is 0. The predicted octanol–water partition coefficient (Wildman–Crippen LogP) is 4.45. The zero-order chi connectivity index (χ0) is 14.2. The third kappa shape index (κ3) is 5.95. The molecule has 0 bridgehead atoms. The van der Waals surface area contributed by atoms with Crippen LogP contribution >= 0.6 is 21.6 Å². The van der Waals surface area contributed by atoms with Crippen LogP contribution in [0.3, 0.4) is 0 Å². The Labute approximate surface area is 129 Å². The lowest BCUT2D eigenvalue weighted by molar-refractivity contribution is 0.252. The van der Waals surface area contributed by atoms with E-state index in [4.69, 9.17) is 0 Å². The quantitative estimate of drug-likeness (QED) is 0.739. The number of amides is 2. The highest BCUT2D eigenvalue weighted by Crippen LogP contribution is 2.26. The normalized spacial score (nSPS) is 21.4. The first-order valence-electron chi connectivity index (χ1n) is 7.69. The highest BCUT2D eigenvalue weighted by molar-refractivity contribution is 8.87. The first-order chi connectivity index (χ1) is 9.74. The van der Waals surface area contributed by atoms with Crippen LogP contribution < -0.4 is 10.6 Å². The van der Waals surface area contributed by atoms with Crippen LogP contribution in [-0.4, -0.2) is 22.6 Å². The Kier molecular flexibility index (Phi) is 7.07. The Morgan fingerprint density at radius 2 is 1.00 bits per heavy atom. The SMILES string of the molecule is O=C(NC1CCCCC1)SSC(=O)NC1CCCCC1. The molecule has 0 atom stereocenters. The molecule has 2 rings (SSSR count). The van der Waals surface area contributed by atoms with Crippen LogP contribution in [0.15, 0.2) is 0 Å². The maximum Gasteiger partial charge on any atom is 0.290 e. The molecule has 114 valence electrons. The molecule has 0 aromatic heterocycles. The molecule has 0 spiro atoms. The second-order valence-electron chi connectivity index (χ2n) is 5.70. The Bertz CT molecular complexity index is 295. The fraction of sp³-hybridized carbons (Fsp3) is 0.857. The van der Waals surface area contributed by atoms with Crippen LogP contribution in [0.2, 0.25) is 0 Å². The van der Waals surface area contributed by atoms with Gasteiger partial charge in [-0.15, -0.1) is 0 Å². The van der Waals surface area contributed by atoms with E-state index in [1.165, 1.54) is 38.5 Å². The van der Waals surface area contributed by atoms with Crippen molar-refractivity contribution in [2.24, 2.45) is 0 Å². The topological polar surface area (TPSA) is 58.2 Å². The average molecular weight is 316 g/mol. The number of hydrogen-bond donors (Lipinski definition) is 2. The van der Waals surface area contributed by atoms with E-state index in [0.717, 1.165) is 47.3 Å². The van der Waals surface area contributed by atoms with Gasteiger partial charge in [0.1, 0.15) is 0 Å². The molecule has 2 aliphatic rings. The summed E-state index contributed by atoms with van der Waals surface area (Å²) in [6, 6.07) is 0.622. The molecule has 2 amide bonds. The first kappa shape index (κ1) is 16.0. The summed E-state index contributed by atoms with van der Waals surface area (Å²) in [6.45, 7) is 0. The summed E-state index contributed by atoms with van der Waals surface area (Å²) in [5.74, 6) is 0. The zero-order valence-corrected chi connectivity index (χ0v) is 13.5. The van der Waals surface area contributed by atoms with Crippen LogP contribution in [0.1, 0.15) is 64.2 Å². The molecule has 4 nitrogen and oxygen atoms in total. The van der Waals surface area contributed by atoms with Gasteiger partial charge in [-0.3, -0.25) is 9.59 Å². The van der Waals surface area contributed by atoms with Crippen molar-refractivity contribution in [1.82, 2.24) is 10.6 Å². The molecule has 0 aliphatic heterocycles. The zero-order valence-electron chi connectivity index (χ0n) is 11.9. The first-order valence-corrected chi connectivity index (χ1v) is 9.84. The Balaban J connectivity index is 1.58. The van der Waals surface area contributed by atoms with Gasteiger partial charge in [0.2, 0.25) is 0 Å². The smallest absolute Gasteiger partial charge is 0.290 e. The Morgan fingerprint density at radius 3 is 1.35 bits per heavy atom. The summed E-state index contributed by atoms with van der Waals surface area (Å²) in [4.78, 5) is 23.5. The van der Waals surface area contributed by atoms with Crippen LogP contribution in [-0.2, 0) is 0 Å². The van der Waals surface area contributed by atoms with E-state index < -0.39 is 0 Å². The van der Waals surface area contributed by atoms with Crippen molar-refractivity contribution in [2.75, 3.05) is 0 Å². The summed E-state index contributed by atoms with van der Waals surface area (Å²) in [5, 5.41) is 5.84. The van der Waals surface area contributed by atoms with Gasteiger partial charge in [0.25, 0.3) is 10.5 Å². The predicted molar refractivity (Wildman–Crippen MR) is 86.0 cm³/mol. The van der Waals surface area contributed by atoms with Gasteiger partial charge in [-0.1, -0.05) is 38.5 Å². The van der Waals surface area contributed by atoms with Crippen molar-refractivity contribution in [3.8, 4) is 0 Å². The summed E-state index contributed by atoms with van der Waals surface area (Å²) in [5.41, 5.74) is 0. The Hall–Kier alpha value is -0.360.